The van der Waals surface area contributed by atoms with Crippen LogP contribution in [-0.2, 0) is 12.0 Å². The first-order chi connectivity index (χ1) is 18.2. The molecular formula is C27H33N9O2. The summed E-state index contributed by atoms with van der Waals surface area (Å²) in [6.45, 7) is 11.5. The van der Waals surface area contributed by atoms with Crippen molar-refractivity contribution in [2.24, 2.45) is 0 Å². The Balaban J connectivity index is 1.35. The Morgan fingerprint density at radius 3 is 2.79 bits per heavy atom. The van der Waals surface area contributed by atoms with Crippen molar-refractivity contribution in [1.82, 2.24) is 40.6 Å². The van der Waals surface area contributed by atoms with E-state index in [9.17, 15) is 4.79 Å². The standard InChI is InChI=1S/C27H33N9O2/c1-16(2)36-15-19(14-30-36)31-26-29-11-9-21(33-26)17-6-7-20-18(12-17)13-28-10-8-22(20)32-23(37)24-34-35-25(38-24)27(3,4)5/h6-7,9,11-12,14-16,22,28H,8,10,13H2,1-5H3,(H,32,37)(H,29,31,33)/t22-/m1/s1. The lowest BCUT2D eigenvalue weighted by Gasteiger charge is -2.19. The van der Waals surface area contributed by atoms with Crippen LogP contribution >= 0.6 is 0 Å². The summed E-state index contributed by atoms with van der Waals surface area (Å²) in [4.78, 5) is 22.0. The van der Waals surface area contributed by atoms with E-state index in [2.05, 4.69) is 62.2 Å². The van der Waals surface area contributed by atoms with Gasteiger partial charge in [0.25, 0.3) is 0 Å². The zero-order valence-corrected chi connectivity index (χ0v) is 22.3. The maximum atomic E-state index is 12.9. The number of fused-ring (bicyclic) bond motifs is 1. The Morgan fingerprint density at radius 2 is 2.05 bits per heavy atom. The number of aromatic nitrogens is 6. The number of nitrogens with zero attached hydrogens (tertiary/aromatic N) is 6. The SMILES string of the molecule is CC(C)n1cc(Nc2nccc(-c3ccc4c(c3)CNCC[C@H]4NC(=O)c3nnc(C(C)(C)C)o3)n2)cn1. The Bertz CT molecular complexity index is 1430. The molecule has 1 aliphatic rings. The molecule has 4 aromatic rings. The van der Waals surface area contributed by atoms with Crippen LogP contribution in [0.5, 0.6) is 0 Å². The normalized spacial score (nSPS) is 15.7. The van der Waals surface area contributed by atoms with E-state index in [-0.39, 0.29) is 29.3 Å². The number of carbonyl (C=O) groups excluding carboxylic acids is 1. The van der Waals surface area contributed by atoms with E-state index in [1.165, 1.54) is 0 Å². The Morgan fingerprint density at radius 1 is 1.21 bits per heavy atom. The molecule has 11 nitrogen and oxygen atoms in total. The first-order valence-corrected chi connectivity index (χ1v) is 12.8. The molecule has 5 rings (SSSR count). The second-order valence-corrected chi connectivity index (χ2v) is 10.8. The molecule has 3 aromatic heterocycles. The molecule has 0 fully saturated rings. The van der Waals surface area contributed by atoms with E-state index >= 15 is 0 Å². The topological polar surface area (TPSA) is 136 Å². The lowest BCUT2D eigenvalue weighted by Crippen LogP contribution is -2.30. The predicted molar refractivity (Wildman–Crippen MR) is 143 cm³/mol. The van der Waals surface area contributed by atoms with Gasteiger partial charge in [0.05, 0.1) is 23.6 Å². The van der Waals surface area contributed by atoms with Gasteiger partial charge in [0.15, 0.2) is 0 Å². The van der Waals surface area contributed by atoms with Crippen molar-refractivity contribution >= 4 is 17.5 Å². The third kappa shape index (κ3) is 5.57. The van der Waals surface area contributed by atoms with Crippen LogP contribution in [0.15, 0.2) is 47.3 Å². The third-order valence-electron chi connectivity index (χ3n) is 6.35. The van der Waals surface area contributed by atoms with Gasteiger partial charge in [0, 0.05) is 36.0 Å². The van der Waals surface area contributed by atoms with Crippen molar-refractivity contribution in [1.29, 1.82) is 0 Å². The van der Waals surface area contributed by atoms with E-state index in [0.29, 0.717) is 18.4 Å². The molecule has 4 heterocycles. The van der Waals surface area contributed by atoms with Crippen LogP contribution in [0.25, 0.3) is 11.3 Å². The summed E-state index contributed by atoms with van der Waals surface area (Å²) in [5.41, 5.74) is 4.41. The highest BCUT2D eigenvalue weighted by Gasteiger charge is 2.27. The number of amides is 1. The smallest absolute Gasteiger partial charge is 0.309 e. The Kier molecular flexibility index (Phi) is 6.94. The second kappa shape index (κ2) is 10.3. The summed E-state index contributed by atoms with van der Waals surface area (Å²) < 4.78 is 7.52. The number of carbonyl (C=O) groups is 1. The van der Waals surface area contributed by atoms with Gasteiger partial charge in [0.1, 0.15) is 0 Å². The summed E-state index contributed by atoms with van der Waals surface area (Å²) in [5, 5.41) is 22.1. The van der Waals surface area contributed by atoms with Gasteiger partial charge in [-0.05, 0) is 50.1 Å². The summed E-state index contributed by atoms with van der Waals surface area (Å²) in [7, 11) is 0. The van der Waals surface area contributed by atoms with E-state index in [1.54, 1.807) is 12.4 Å². The second-order valence-electron chi connectivity index (χ2n) is 10.8. The van der Waals surface area contributed by atoms with E-state index in [4.69, 9.17) is 9.40 Å². The Hall–Kier alpha value is -4.12. The lowest BCUT2D eigenvalue weighted by molar-refractivity contribution is 0.0896. The van der Waals surface area contributed by atoms with E-state index < -0.39 is 0 Å². The molecule has 0 aliphatic carbocycles. The molecule has 1 aliphatic heterocycles. The summed E-state index contributed by atoms with van der Waals surface area (Å²) >= 11 is 0. The maximum Gasteiger partial charge on any atom is 0.309 e. The molecule has 0 saturated carbocycles. The summed E-state index contributed by atoms with van der Waals surface area (Å²) in [6, 6.07) is 8.16. The first kappa shape index (κ1) is 25.5. The highest BCUT2D eigenvalue weighted by molar-refractivity contribution is 5.89. The highest BCUT2D eigenvalue weighted by atomic mass is 16.4. The number of anilines is 2. The van der Waals surface area contributed by atoms with E-state index in [1.807, 2.05) is 43.8 Å². The van der Waals surface area contributed by atoms with Gasteiger partial charge >= 0.3 is 11.8 Å². The van der Waals surface area contributed by atoms with Crippen molar-refractivity contribution in [3.63, 3.8) is 0 Å². The fourth-order valence-electron chi connectivity index (χ4n) is 4.26. The lowest BCUT2D eigenvalue weighted by atomic mass is 9.96. The molecule has 1 aromatic carbocycles. The van der Waals surface area contributed by atoms with Crippen LogP contribution in [0, 0.1) is 0 Å². The molecule has 0 unspecified atom stereocenters. The number of hydrogen-bond donors (Lipinski definition) is 3. The van der Waals surface area contributed by atoms with Crippen LogP contribution in [0.1, 0.15) is 80.8 Å². The monoisotopic (exact) mass is 515 g/mol. The number of rotatable bonds is 6. The van der Waals surface area contributed by atoms with Gasteiger partial charge in [-0.3, -0.25) is 9.48 Å². The van der Waals surface area contributed by atoms with E-state index in [0.717, 1.165) is 41.0 Å². The van der Waals surface area contributed by atoms with Crippen molar-refractivity contribution in [3.8, 4) is 11.3 Å². The van der Waals surface area contributed by atoms with Crippen LogP contribution in [0.2, 0.25) is 0 Å². The van der Waals surface area contributed by atoms with Crippen LogP contribution in [0.4, 0.5) is 11.6 Å². The minimum absolute atomic E-state index is 0.0229. The van der Waals surface area contributed by atoms with Gasteiger partial charge < -0.3 is 20.4 Å². The van der Waals surface area contributed by atoms with Crippen molar-refractivity contribution in [2.45, 2.75) is 65.1 Å². The molecule has 0 radical (unpaired) electrons. The number of nitrogens with one attached hydrogen (secondary N) is 3. The molecule has 1 amide bonds. The maximum absolute atomic E-state index is 12.9. The number of benzene rings is 1. The van der Waals surface area contributed by atoms with Crippen LogP contribution in [0.3, 0.4) is 0 Å². The van der Waals surface area contributed by atoms with Gasteiger partial charge in [-0.25, -0.2) is 9.97 Å². The molecule has 11 heteroatoms. The fourth-order valence-corrected chi connectivity index (χ4v) is 4.26. The van der Waals surface area contributed by atoms with Crippen molar-refractivity contribution in [3.05, 3.63) is 65.8 Å². The van der Waals surface area contributed by atoms with Gasteiger partial charge in [-0.2, -0.15) is 5.10 Å². The largest absolute Gasteiger partial charge is 0.416 e. The fraction of sp³-hybridized carbons (Fsp3) is 0.407. The molecule has 0 spiro atoms. The van der Waals surface area contributed by atoms with Crippen molar-refractivity contribution < 1.29 is 9.21 Å². The highest BCUT2D eigenvalue weighted by Crippen LogP contribution is 2.29. The Labute approximate surface area is 221 Å². The number of hydrogen-bond acceptors (Lipinski definition) is 9. The molecule has 3 N–H and O–H groups in total. The van der Waals surface area contributed by atoms with Gasteiger partial charge in [-0.15, -0.1) is 10.2 Å². The molecular weight excluding hydrogens is 482 g/mol. The average molecular weight is 516 g/mol. The van der Waals surface area contributed by atoms with Crippen molar-refractivity contribution in [2.75, 3.05) is 11.9 Å². The van der Waals surface area contributed by atoms with Gasteiger partial charge in [-0.1, -0.05) is 32.9 Å². The molecule has 198 valence electrons. The zero-order chi connectivity index (χ0) is 26.9. The zero-order valence-electron chi connectivity index (χ0n) is 22.3. The quantitative estimate of drug-likeness (QED) is 0.343. The molecule has 0 saturated heterocycles. The molecule has 0 bridgehead atoms. The summed E-state index contributed by atoms with van der Waals surface area (Å²) in [6.07, 6.45) is 6.17. The molecule has 38 heavy (non-hydrogen) atoms. The van der Waals surface area contributed by atoms with Crippen LogP contribution in [-0.4, -0.2) is 42.4 Å². The van der Waals surface area contributed by atoms with Gasteiger partial charge in [0.2, 0.25) is 11.8 Å². The minimum atomic E-state index is -0.373. The van der Waals surface area contributed by atoms with Crippen LogP contribution < -0.4 is 16.0 Å². The third-order valence-corrected chi connectivity index (χ3v) is 6.35. The summed E-state index contributed by atoms with van der Waals surface area (Å²) in [5.74, 6) is 0.536. The minimum Gasteiger partial charge on any atom is -0.416 e. The first-order valence-electron chi connectivity index (χ1n) is 12.8. The molecule has 1 atom stereocenters. The predicted octanol–water partition coefficient (Wildman–Crippen LogP) is 4.31. The average Bonchev–Trinajstić information content (AvgIpc) is 3.52.